The van der Waals surface area contributed by atoms with Gasteiger partial charge >= 0.3 is 11.9 Å². The molecule has 30 nitrogen and oxygen atoms in total. The number of nitrogens with one attached hydrogen (secondary N) is 10. The van der Waals surface area contributed by atoms with E-state index in [9.17, 15) is 77.3 Å². The van der Waals surface area contributed by atoms with Gasteiger partial charge in [0.25, 0.3) is 0 Å². The number of nitrogens with two attached hydrogens (primary N) is 2. The molecule has 34 heteroatoms. The molecule has 3 saturated heterocycles. The Labute approximate surface area is 547 Å². The Bertz CT molecular complexity index is 2760. The van der Waals surface area contributed by atoms with E-state index in [0.29, 0.717) is 24.0 Å². The van der Waals surface area contributed by atoms with E-state index >= 15 is 0 Å². The molecule has 0 unspecified atom stereocenters. The van der Waals surface area contributed by atoms with Crippen molar-refractivity contribution in [2.45, 2.75) is 127 Å². The topological polar surface area (TPSA) is 458 Å². The maximum Gasteiger partial charge on any atom is 0.322 e. The minimum Gasteiger partial charge on any atom is -0.480 e. The van der Waals surface area contributed by atoms with Crippen LogP contribution in [0.15, 0.2) is 60.7 Å². The highest BCUT2D eigenvalue weighted by molar-refractivity contribution is 8.77. The van der Waals surface area contributed by atoms with Crippen LogP contribution in [0.1, 0.15) is 64.5 Å². The van der Waals surface area contributed by atoms with Crippen LogP contribution in [0.4, 0.5) is 0 Å². The lowest BCUT2D eigenvalue weighted by Gasteiger charge is -2.32. The molecule has 504 valence electrons. The number of carboxylic acids is 2. The molecule has 3 fully saturated rings. The average molecular weight is 1360 g/mol. The molecule has 0 aromatic heterocycles. The van der Waals surface area contributed by atoms with Crippen LogP contribution in [0, 0.1) is 11.8 Å². The van der Waals surface area contributed by atoms with Gasteiger partial charge in [-0.1, -0.05) is 132 Å². The molecule has 5 rings (SSSR count). The van der Waals surface area contributed by atoms with Gasteiger partial charge in [0.2, 0.25) is 70.9 Å². The molecule has 3 aliphatic rings. The number of hydrogen-bond acceptors (Lipinski definition) is 20. The van der Waals surface area contributed by atoms with E-state index in [4.69, 9.17) is 11.5 Å². The third-order valence-corrected chi connectivity index (χ3v) is 19.7. The summed E-state index contributed by atoms with van der Waals surface area (Å²) in [5.74, 6) is -14.7. The molecule has 16 N–H and O–H groups in total. The van der Waals surface area contributed by atoms with Crippen molar-refractivity contribution in [3.8, 4) is 0 Å². The number of benzene rings is 2. The van der Waals surface area contributed by atoms with E-state index in [1.54, 1.807) is 88.4 Å². The van der Waals surface area contributed by atoms with Crippen LogP contribution >= 0.6 is 43.2 Å². The quantitative estimate of drug-likeness (QED) is 0.0734. The fourth-order valence-electron chi connectivity index (χ4n) is 9.97. The summed E-state index contributed by atoms with van der Waals surface area (Å²) in [4.78, 5) is 195. The highest BCUT2D eigenvalue weighted by Gasteiger charge is 2.43. The zero-order valence-corrected chi connectivity index (χ0v) is 54.6. The second-order valence-electron chi connectivity index (χ2n) is 22.5. The lowest BCUT2D eigenvalue weighted by molar-refractivity contribution is -0.143. The van der Waals surface area contributed by atoms with Crippen LogP contribution in [-0.2, 0) is 80.0 Å². The molecule has 3 aliphatic heterocycles. The monoisotopic (exact) mass is 1360 g/mol. The van der Waals surface area contributed by atoms with Crippen molar-refractivity contribution in [2.75, 3.05) is 62.3 Å². The van der Waals surface area contributed by atoms with Gasteiger partial charge in [-0.3, -0.25) is 67.1 Å². The number of rotatable bonds is 16. The summed E-state index contributed by atoms with van der Waals surface area (Å²) in [5.41, 5.74) is 12.5. The average Bonchev–Trinajstić information content (AvgIpc) is 1.65. The Morgan fingerprint density at radius 3 is 1.17 bits per heavy atom. The smallest absolute Gasteiger partial charge is 0.322 e. The van der Waals surface area contributed by atoms with Crippen molar-refractivity contribution < 1.29 is 77.3 Å². The van der Waals surface area contributed by atoms with E-state index in [-0.39, 0.29) is 61.8 Å². The van der Waals surface area contributed by atoms with Crippen LogP contribution < -0.4 is 64.6 Å². The van der Waals surface area contributed by atoms with Gasteiger partial charge in [-0.25, -0.2) is 0 Å². The zero-order chi connectivity index (χ0) is 67.6. The Morgan fingerprint density at radius 2 is 0.848 bits per heavy atom. The fourth-order valence-corrected chi connectivity index (χ4v) is 14.6. The third kappa shape index (κ3) is 23.5. The highest BCUT2D eigenvalue weighted by atomic mass is 33.1. The first kappa shape index (κ1) is 75.1. The second-order valence-corrected chi connectivity index (χ2v) is 27.6. The summed E-state index contributed by atoms with van der Waals surface area (Å²) in [6, 6.07) is 3.62. The van der Waals surface area contributed by atoms with E-state index in [0.717, 1.165) is 43.2 Å². The molecular weight excluding hydrogens is 1280 g/mol. The fraction of sp³-hybridized carbons (Fsp3) is 0.552. The van der Waals surface area contributed by atoms with Gasteiger partial charge in [0.15, 0.2) is 0 Å². The van der Waals surface area contributed by atoms with Crippen LogP contribution in [0.3, 0.4) is 0 Å². The number of carboxylic acid groups (broad SMARTS) is 2. The molecule has 2 aromatic carbocycles. The molecular formula is C58H82N14O16S4. The maximum atomic E-state index is 14.7. The summed E-state index contributed by atoms with van der Waals surface area (Å²) < 4.78 is 0. The highest BCUT2D eigenvalue weighted by Crippen LogP contribution is 2.27. The normalized spacial score (nSPS) is 25.0. The first-order valence-electron chi connectivity index (χ1n) is 29.8. The summed E-state index contributed by atoms with van der Waals surface area (Å²) in [6.45, 7) is 3.92. The SMILES string of the molecule is CC(C)[C@@H]1NC(=O)[C@H](Cc2ccccc2)NC(=O)[C@@H](NC(=O)CN)CSSC[C@H](NC(=O)CN)C(=O)N[C@@H](Cc2ccccc2)C(=O)N[C@@H](C(C)C)C(=O)N2CCC[C@H]2C(=O)N[C@H](C(=O)NCC(=O)O)CSSC[C@@H](C(=O)NCC(=O)O)NC(=O)[C@@H]2CCCN2C1=O. The minimum absolute atomic E-state index is 0.0388. The number of carbonyl (C=O) groups excluding carboxylic acids is 12. The van der Waals surface area contributed by atoms with Crippen molar-refractivity contribution in [3.63, 3.8) is 0 Å². The summed E-state index contributed by atoms with van der Waals surface area (Å²) in [6.07, 6.45) is 0.604. The molecule has 0 spiro atoms. The number of nitrogens with zero attached hydrogens (tertiary/aromatic N) is 2. The molecule has 10 atom stereocenters. The largest absolute Gasteiger partial charge is 0.480 e. The van der Waals surface area contributed by atoms with Crippen molar-refractivity contribution in [2.24, 2.45) is 23.3 Å². The Balaban J connectivity index is 1.55. The standard InChI is InChI=1S/C58H82N14O16S4/c1-31(2)47-57(87)71-19-11-17-41(71)55(85)67-37(49(79)61-25-45(75)76)27-89-90-28-38(50(80)62-26-46(77)78)68-56(86)42-18-12-20-72(42)58(88)48(32(3)4)70-52(82)36(22-34-15-9-6-10-16-34)66-54(84)40(64-44(74)24-60)30-92-91-29-39(63-43(73)23-59)53(83)65-35(51(81)69-47)21-33-13-7-5-8-14-33/h5-10,13-16,31-32,35-42,47-48H,11-12,17-30,59-60H2,1-4H3,(H,61,79)(H,62,80)(H,63,73)(H,64,74)(H,65,83)(H,66,84)(H,67,85)(H,68,86)(H,69,81)(H,70,82)(H,75,76)(H,77,78)/t35-,36-,37-,38-,39-,40-,41-,42-,47-,48-/m0/s1. The van der Waals surface area contributed by atoms with Gasteiger partial charge in [0.05, 0.1) is 13.1 Å². The minimum atomic E-state index is -1.47. The number of carbonyl (C=O) groups is 14. The first-order valence-corrected chi connectivity index (χ1v) is 34.8. The molecule has 0 radical (unpaired) electrons. The van der Waals surface area contributed by atoms with Crippen LogP contribution in [0.25, 0.3) is 0 Å². The van der Waals surface area contributed by atoms with E-state index < -0.39 is 181 Å². The van der Waals surface area contributed by atoms with Crippen LogP contribution in [0.5, 0.6) is 0 Å². The molecule has 3 heterocycles. The van der Waals surface area contributed by atoms with E-state index in [2.05, 4.69) is 53.2 Å². The summed E-state index contributed by atoms with van der Waals surface area (Å²) in [7, 11) is 3.81. The number of hydrogen-bond donors (Lipinski definition) is 14. The van der Waals surface area contributed by atoms with Gasteiger partial charge < -0.3 is 84.6 Å². The first-order chi connectivity index (χ1) is 43.8. The Morgan fingerprint density at radius 1 is 0.500 bits per heavy atom. The van der Waals surface area contributed by atoms with Gasteiger partial charge in [0.1, 0.15) is 73.5 Å². The number of amides is 12. The summed E-state index contributed by atoms with van der Waals surface area (Å²) >= 11 is 0. The lowest BCUT2D eigenvalue weighted by atomic mass is 9.99. The van der Waals surface area contributed by atoms with Gasteiger partial charge in [-0.15, -0.1) is 0 Å². The number of aliphatic carboxylic acids is 2. The summed E-state index contributed by atoms with van der Waals surface area (Å²) in [5, 5.41) is 44.6. The second kappa shape index (κ2) is 37.8. The number of fused-ring (bicyclic) bond motifs is 2. The zero-order valence-electron chi connectivity index (χ0n) is 51.3. The predicted octanol–water partition coefficient (Wildman–Crippen LogP) is -3.26. The third-order valence-electron chi connectivity index (χ3n) is 14.8. The molecule has 0 aliphatic carbocycles. The van der Waals surface area contributed by atoms with Crippen LogP contribution in [0.2, 0.25) is 0 Å². The molecule has 0 bridgehead atoms. The van der Waals surface area contributed by atoms with Gasteiger partial charge in [-0.2, -0.15) is 0 Å². The lowest BCUT2D eigenvalue weighted by Crippen LogP contribution is -2.61. The predicted molar refractivity (Wildman–Crippen MR) is 344 cm³/mol. The Hall–Kier alpha value is -7.66. The van der Waals surface area contributed by atoms with E-state index in [1.807, 2.05) is 0 Å². The van der Waals surface area contributed by atoms with Gasteiger partial charge in [0, 0.05) is 48.9 Å². The molecule has 0 saturated carbocycles. The maximum absolute atomic E-state index is 14.7. The van der Waals surface area contributed by atoms with Crippen molar-refractivity contribution in [3.05, 3.63) is 71.8 Å². The van der Waals surface area contributed by atoms with Crippen molar-refractivity contribution in [1.29, 1.82) is 0 Å². The van der Waals surface area contributed by atoms with Crippen molar-refractivity contribution in [1.82, 2.24) is 63.0 Å². The Kier molecular flexibility index (Phi) is 30.8. The van der Waals surface area contributed by atoms with Gasteiger partial charge in [-0.05, 0) is 48.6 Å². The molecule has 2 aromatic rings. The molecule has 92 heavy (non-hydrogen) atoms. The molecule has 12 amide bonds. The van der Waals surface area contributed by atoms with Crippen molar-refractivity contribution >= 4 is 126 Å². The van der Waals surface area contributed by atoms with Crippen LogP contribution in [-0.4, -0.2) is 226 Å². The van der Waals surface area contributed by atoms with E-state index in [1.165, 1.54) is 9.80 Å².